The van der Waals surface area contributed by atoms with E-state index in [1.54, 1.807) is 11.0 Å². The molecule has 1 N–H and O–H groups in total. The van der Waals surface area contributed by atoms with Gasteiger partial charge in [0.25, 0.3) is 5.56 Å². The minimum Gasteiger partial charge on any atom is -0.345 e. The molecule has 0 spiro atoms. The molecule has 2 heterocycles. The first-order chi connectivity index (χ1) is 13.2. The molecule has 3 rings (SSSR count). The Morgan fingerprint density at radius 2 is 1.86 bits per heavy atom. The first-order valence-corrected chi connectivity index (χ1v) is 10.00. The summed E-state index contributed by atoms with van der Waals surface area (Å²) in [5, 5.41) is 0.166. The number of H-pyrrole nitrogens is 1. The van der Waals surface area contributed by atoms with Crippen LogP contribution in [0.1, 0.15) is 50.4 Å². The van der Waals surface area contributed by atoms with Crippen LogP contribution in [0.2, 0.25) is 5.02 Å². The Balaban J connectivity index is 1.99. The van der Waals surface area contributed by atoms with Gasteiger partial charge in [0.05, 0.1) is 0 Å². The summed E-state index contributed by atoms with van der Waals surface area (Å²) in [6.07, 6.45) is 3.57. The lowest BCUT2D eigenvalue weighted by atomic mass is 9.86. The van der Waals surface area contributed by atoms with Crippen LogP contribution >= 0.6 is 11.6 Å². The molecule has 5 heteroatoms. The SMILES string of the molecule is CN1CCC(C/C=C(\c2ccc(C(C)(C)C)cc2)c2ccc(Cl)c(=O)[nH]2)C1=O. The summed E-state index contributed by atoms with van der Waals surface area (Å²) in [5.41, 5.74) is 3.62. The third-order valence-electron chi connectivity index (χ3n) is 5.36. The van der Waals surface area contributed by atoms with Crippen molar-refractivity contribution in [2.45, 2.75) is 39.0 Å². The second kappa shape index (κ2) is 7.96. The lowest BCUT2D eigenvalue weighted by Gasteiger charge is -2.19. The largest absolute Gasteiger partial charge is 0.345 e. The Bertz CT molecular complexity index is 952. The minimum absolute atomic E-state index is 0.00660. The van der Waals surface area contributed by atoms with Crippen molar-refractivity contribution in [2.24, 2.45) is 5.92 Å². The first kappa shape index (κ1) is 20.4. The number of carbonyl (C=O) groups excluding carboxylic acids is 1. The van der Waals surface area contributed by atoms with Crippen molar-refractivity contribution < 1.29 is 4.79 Å². The van der Waals surface area contributed by atoms with Crippen molar-refractivity contribution in [3.05, 3.63) is 74.7 Å². The summed E-state index contributed by atoms with van der Waals surface area (Å²) in [7, 11) is 1.84. The third-order valence-corrected chi connectivity index (χ3v) is 5.66. The number of allylic oxidation sites excluding steroid dienone is 1. The van der Waals surface area contributed by atoms with E-state index in [4.69, 9.17) is 11.6 Å². The molecular weight excluding hydrogens is 372 g/mol. The lowest BCUT2D eigenvalue weighted by Crippen LogP contribution is -2.22. The number of likely N-dealkylation sites (tertiary alicyclic amines) is 1. The molecule has 1 aromatic carbocycles. The van der Waals surface area contributed by atoms with Crippen LogP contribution in [0.4, 0.5) is 0 Å². The Morgan fingerprint density at radius 1 is 1.18 bits per heavy atom. The van der Waals surface area contributed by atoms with E-state index in [0.717, 1.165) is 24.1 Å². The molecular formula is C23H27ClN2O2. The van der Waals surface area contributed by atoms with Crippen molar-refractivity contribution in [1.29, 1.82) is 0 Å². The van der Waals surface area contributed by atoms with Crippen molar-refractivity contribution >= 4 is 23.1 Å². The van der Waals surface area contributed by atoms with Gasteiger partial charge in [0.2, 0.25) is 5.91 Å². The van der Waals surface area contributed by atoms with Gasteiger partial charge in [-0.3, -0.25) is 9.59 Å². The van der Waals surface area contributed by atoms with Gasteiger partial charge in [-0.25, -0.2) is 0 Å². The second-order valence-corrected chi connectivity index (χ2v) is 8.88. The van der Waals surface area contributed by atoms with Gasteiger partial charge in [0.1, 0.15) is 5.02 Å². The number of aromatic amines is 1. The number of halogens is 1. The zero-order valence-electron chi connectivity index (χ0n) is 16.9. The number of amides is 1. The van der Waals surface area contributed by atoms with Gasteiger partial charge in [0, 0.05) is 30.8 Å². The highest BCUT2D eigenvalue weighted by molar-refractivity contribution is 6.30. The van der Waals surface area contributed by atoms with Crippen LogP contribution < -0.4 is 5.56 Å². The Kier molecular flexibility index (Phi) is 5.80. The van der Waals surface area contributed by atoms with Crippen LogP contribution in [0, 0.1) is 5.92 Å². The molecule has 0 aliphatic carbocycles. The fourth-order valence-corrected chi connectivity index (χ4v) is 3.63. The molecule has 0 saturated carbocycles. The van der Waals surface area contributed by atoms with E-state index >= 15 is 0 Å². The van der Waals surface area contributed by atoms with Gasteiger partial charge in [-0.05, 0) is 41.5 Å². The first-order valence-electron chi connectivity index (χ1n) is 9.62. The van der Waals surface area contributed by atoms with Gasteiger partial charge < -0.3 is 9.88 Å². The standard InChI is InChI=1S/C23H27ClN2O2/c1-23(2,3)17-8-5-15(6-9-17)18(20-12-11-19(24)21(27)25-20)10-7-16-13-14-26(4)22(16)28/h5-6,8-12,16H,7,13-14H2,1-4H3,(H,25,27)/b18-10+. The van der Waals surface area contributed by atoms with Gasteiger partial charge in [-0.15, -0.1) is 0 Å². The lowest BCUT2D eigenvalue weighted by molar-refractivity contribution is -0.129. The Morgan fingerprint density at radius 3 is 2.39 bits per heavy atom. The van der Waals surface area contributed by atoms with E-state index in [9.17, 15) is 9.59 Å². The van der Waals surface area contributed by atoms with Crippen molar-refractivity contribution in [3.8, 4) is 0 Å². The van der Waals surface area contributed by atoms with Gasteiger partial charge >= 0.3 is 0 Å². The number of aromatic nitrogens is 1. The minimum atomic E-state index is -0.312. The zero-order valence-corrected chi connectivity index (χ0v) is 17.6. The molecule has 0 radical (unpaired) electrons. The summed E-state index contributed by atoms with van der Waals surface area (Å²) < 4.78 is 0. The molecule has 28 heavy (non-hydrogen) atoms. The highest BCUT2D eigenvalue weighted by atomic mass is 35.5. The third kappa shape index (κ3) is 4.39. The van der Waals surface area contributed by atoms with Crippen LogP contribution in [-0.4, -0.2) is 29.4 Å². The molecule has 1 aromatic heterocycles. The average molecular weight is 399 g/mol. The maximum Gasteiger partial charge on any atom is 0.267 e. The monoisotopic (exact) mass is 398 g/mol. The molecule has 2 aromatic rings. The van der Waals surface area contributed by atoms with Gasteiger partial charge in [-0.1, -0.05) is 62.7 Å². The van der Waals surface area contributed by atoms with E-state index in [1.165, 1.54) is 5.56 Å². The van der Waals surface area contributed by atoms with Crippen molar-refractivity contribution in [3.63, 3.8) is 0 Å². The summed E-state index contributed by atoms with van der Waals surface area (Å²) in [6, 6.07) is 11.8. The number of benzene rings is 1. The zero-order chi connectivity index (χ0) is 20.5. The van der Waals surface area contributed by atoms with Crippen molar-refractivity contribution in [2.75, 3.05) is 13.6 Å². The number of nitrogens with one attached hydrogen (secondary N) is 1. The Labute approximate surface area is 171 Å². The smallest absolute Gasteiger partial charge is 0.267 e. The molecule has 1 amide bonds. The maximum atomic E-state index is 12.3. The van der Waals surface area contributed by atoms with Crippen molar-refractivity contribution in [1.82, 2.24) is 9.88 Å². The summed E-state index contributed by atoms with van der Waals surface area (Å²) >= 11 is 5.90. The normalized spacial score (nSPS) is 18.0. The molecule has 0 bridgehead atoms. The molecule has 1 atom stereocenters. The topological polar surface area (TPSA) is 53.2 Å². The summed E-state index contributed by atoms with van der Waals surface area (Å²) in [5.74, 6) is 0.177. The number of nitrogens with zero attached hydrogens (tertiary/aromatic N) is 1. The quantitative estimate of drug-likeness (QED) is 0.816. The van der Waals surface area contributed by atoms with E-state index < -0.39 is 0 Å². The highest BCUT2D eigenvalue weighted by Crippen LogP contribution is 2.29. The predicted molar refractivity (Wildman–Crippen MR) is 115 cm³/mol. The molecule has 1 unspecified atom stereocenters. The van der Waals surface area contributed by atoms with Crippen LogP contribution in [0.3, 0.4) is 0 Å². The van der Waals surface area contributed by atoms with Crippen LogP contribution in [0.15, 0.2) is 47.3 Å². The fraction of sp³-hybridized carbons (Fsp3) is 0.391. The highest BCUT2D eigenvalue weighted by Gasteiger charge is 2.28. The number of pyridine rings is 1. The van der Waals surface area contributed by atoms with E-state index in [2.05, 4.69) is 56.1 Å². The van der Waals surface area contributed by atoms with E-state index in [0.29, 0.717) is 12.1 Å². The number of carbonyl (C=O) groups is 1. The van der Waals surface area contributed by atoms with Gasteiger partial charge in [-0.2, -0.15) is 0 Å². The van der Waals surface area contributed by atoms with Gasteiger partial charge in [0.15, 0.2) is 0 Å². The molecule has 1 aliphatic heterocycles. The summed E-state index contributed by atoms with van der Waals surface area (Å²) in [4.78, 5) is 28.9. The van der Waals surface area contributed by atoms with Crippen LogP contribution in [-0.2, 0) is 10.2 Å². The molecule has 148 valence electrons. The predicted octanol–water partition coefficient (Wildman–Crippen LogP) is 4.63. The summed E-state index contributed by atoms with van der Waals surface area (Å²) in [6.45, 7) is 7.33. The number of hydrogen-bond acceptors (Lipinski definition) is 2. The molecule has 4 nitrogen and oxygen atoms in total. The second-order valence-electron chi connectivity index (χ2n) is 8.48. The van der Waals surface area contributed by atoms with E-state index in [1.807, 2.05) is 13.1 Å². The van der Waals surface area contributed by atoms with Crippen LogP contribution in [0.25, 0.3) is 5.57 Å². The molecule has 1 fully saturated rings. The molecule has 1 saturated heterocycles. The number of hydrogen-bond donors (Lipinski definition) is 1. The average Bonchev–Trinajstić information content (AvgIpc) is 2.96. The Hall–Kier alpha value is -2.33. The maximum absolute atomic E-state index is 12.3. The van der Waals surface area contributed by atoms with E-state index in [-0.39, 0.29) is 27.8 Å². The number of rotatable bonds is 4. The van der Waals surface area contributed by atoms with Crippen LogP contribution in [0.5, 0.6) is 0 Å². The fourth-order valence-electron chi connectivity index (χ4n) is 3.52. The molecule has 1 aliphatic rings.